The Kier molecular flexibility index (Phi) is 4.05. The van der Waals surface area contributed by atoms with Gasteiger partial charge in [0.1, 0.15) is 23.5 Å². The molecule has 4 aromatic rings. The Labute approximate surface area is 152 Å². The lowest BCUT2D eigenvalue weighted by Crippen LogP contribution is -2.08. The fourth-order valence-corrected chi connectivity index (χ4v) is 3.19. The van der Waals surface area contributed by atoms with Gasteiger partial charge < -0.3 is 15.0 Å². The number of aromatic nitrogens is 3. The van der Waals surface area contributed by atoms with Gasteiger partial charge in [0.05, 0.1) is 11.1 Å². The van der Waals surface area contributed by atoms with Gasteiger partial charge in [-0.2, -0.15) is 0 Å². The molecule has 0 saturated heterocycles. The molecular weight excluding hydrogens is 324 g/mol. The molecule has 0 aliphatic heterocycles. The van der Waals surface area contributed by atoms with E-state index in [1.54, 1.807) is 18.5 Å². The second-order valence-corrected chi connectivity index (χ2v) is 6.37. The Hall–Kier alpha value is -3.34. The molecule has 2 heterocycles. The molecule has 0 aliphatic carbocycles. The van der Waals surface area contributed by atoms with Gasteiger partial charge in [0.2, 0.25) is 0 Å². The number of aryl methyl sites for hydroxylation is 1. The highest BCUT2D eigenvalue weighted by Crippen LogP contribution is 2.31. The first-order valence-electron chi connectivity index (χ1n) is 8.55. The summed E-state index contributed by atoms with van der Waals surface area (Å²) in [6.07, 6.45) is 1.59. The average Bonchev–Trinajstić information content (AvgIpc) is 3.01. The van der Waals surface area contributed by atoms with Crippen LogP contribution in [0.1, 0.15) is 18.5 Å². The van der Waals surface area contributed by atoms with Crippen LogP contribution in [0.3, 0.4) is 0 Å². The molecule has 0 fully saturated rings. The van der Waals surface area contributed by atoms with Gasteiger partial charge in [0, 0.05) is 13.1 Å². The van der Waals surface area contributed by atoms with Crippen molar-refractivity contribution in [3.63, 3.8) is 0 Å². The molecule has 1 atom stereocenters. The van der Waals surface area contributed by atoms with Gasteiger partial charge in [0.15, 0.2) is 0 Å². The molecule has 2 N–H and O–H groups in total. The van der Waals surface area contributed by atoms with E-state index in [2.05, 4.69) is 40.4 Å². The minimum absolute atomic E-state index is 0.131. The van der Waals surface area contributed by atoms with Crippen LogP contribution in [0.4, 0.5) is 5.82 Å². The summed E-state index contributed by atoms with van der Waals surface area (Å²) in [6, 6.07) is 19.7. The van der Waals surface area contributed by atoms with Crippen molar-refractivity contribution in [3.8, 4) is 17.0 Å². The third-order valence-electron chi connectivity index (χ3n) is 4.64. The van der Waals surface area contributed by atoms with Gasteiger partial charge in [-0.05, 0) is 48.4 Å². The van der Waals surface area contributed by atoms with E-state index in [1.165, 1.54) is 5.56 Å². The monoisotopic (exact) mass is 344 g/mol. The summed E-state index contributed by atoms with van der Waals surface area (Å²) in [5.74, 6) is 1.07. The Morgan fingerprint density at radius 1 is 1.00 bits per heavy atom. The van der Waals surface area contributed by atoms with Gasteiger partial charge in [-0.25, -0.2) is 9.97 Å². The number of benzene rings is 2. The molecular formula is C21H20N4O. The second kappa shape index (κ2) is 6.52. The molecule has 5 heteroatoms. The number of nitrogens with one attached hydrogen (secondary N) is 1. The number of hydrogen-bond donors (Lipinski definition) is 2. The summed E-state index contributed by atoms with van der Waals surface area (Å²) < 4.78 is 2.04. The second-order valence-electron chi connectivity index (χ2n) is 6.37. The van der Waals surface area contributed by atoms with Gasteiger partial charge in [0.25, 0.3) is 0 Å². The number of hydrogen-bond acceptors (Lipinski definition) is 4. The molecule has 26 heavy (non-hydrogen) atoms. The van der Waals surface area contributed by atoms with Crippen LogP contribution in [0.25, 0.3) is 22.3 Å². The van der Waals surface area contributed by atoms with Crippen LogP contribution >= 0.6 is 0 Å². The van der Waals surface area contributed by atoms with Crippen LogP contribution in [0.15, 0.2) is 67.0 Å². The van der Waals surface area contributed by atoms with Crippen LogP contribution in [0.5, 0.6) is 5.75 Å². The lowest BCUT2D eigenvalue weighted by Gasteiger charge is -2.15. The predicted molar refractivity (Wildman–Crippen MR) is 104 cm³/mol. The number of aromatic hydroxyl groups is 1. The van der Waals surface area contributed by atoms with Crippen molar-refractivity contribution in [3.05, 3.63) is 72.6 Å². The van der Waals surface area contributed by atoms with Gasteiger partial charge in [-0.3, -0.25) is 0 Å². The van der Waals surface area contributed by atoms with Gasteiger partial charge >= 0.3 is 0 Å². The highest BCUT2D eigenvalue weighted by molar-refractivity contribution is 5.92. The molecule has 0 aliphatic rings. The van der Waals surface area contributed by atoms with Gasteiger partial charge in [-0.1, -0.05) is 30.3 Å². The molecule has 0 bridgehead atoms. The fourth-order valence-electron chi connectivity index (χ4n) is 3.19. The molecule has 2 aromatic heterocycles. The summed E-state index contributed by atoms with van der Waals surface area (Å²) in [4.78, 5) is 8.91. The molecule has 0 unspecified atom stereocenters. The van der Waals surface area contributed by atoms with Crippen LogP contribution in [0, 0.1) is 0 Å². The van der Waals surface area contributed by atoms with E-state index in [9.17, 15) is 5.11 Å². The normalized spacial score (nSPS) is 12.2. The molecule has 0 saturated carbocycles. The zero-order valence-corrected chi connectivity index (χ0v) is 14.7. The summed E-state index contributed by atoms with van der Waals surface area (Å²) >= 11 is 0. The van der Waals surface area contributed by atoms with Crippen molar-refractivity contribution in [2.75, 3.05) is 5.32 Å². The maximum absolute atomic E-state index is 9.53. The van der Waals surface area contributed by atoms with Gasteiger partial charge in [-0.15, -0.1) is 0 Å². The highest BCUT2D eigenvalue weighted by atomic mass is 16.3. The van der Waals surface area contributed by atoms with E-state index in [0.717, 1.165) is 28.1 Å². The standard InChI is InChI=1S/C21H20N4O/c1-14(15-6-4-3-5-7-15)24-20-18-12-19(16-8-10-17(26)11-9-16)25(2)21(18)23-13-22-20/h3-14,26H,1-2H3,(H,22,23,24)/t14-/m0/s1. The maximum Gasteiger partial charge on any atom is 0.145 e. The largest absolute Gasteiger partial charge is 0.508 e. The molecule has 4 rings (SSSR count). The predicted octanol–water partition coefficient (Wildman–Crippen LogP) is 4.51. The van der Waals surface area contributed by atoms with Crippen molar-refractivity contribution in [2.45, 2.75) is 13.0 Å². The van der Waals surface area contributed by atoms with Crippen LogP contribution in [0.2, 0.25) is 0 Å². The molecule has 0 amide bonds. The highest BCUT2D eigenvalue weighted by Gasteiger charge is 2.15. The quantitative estimate of drug-likeness (QED) is 0.571. The first-order chi connectivity index (χ1) is 12.6. The zero-order chi connectivity index (χ0) is 18.1. The van der Waals surface area contributed by atoms with E-state index in [4.69, 9.17) is 0 Å². The number of phenolic OH excluding ortho intramolecular Hbond substituents is 1. The smallest absolute Gasteiger partial charge is 0.145 e. The van der Waals surface area contributed by atoms with E-state index < -0.39 is 0 Å². The number of rotatable bonds is 4. The summed E-state index contributed by atoms with van der Waals surface area (Å²) in [6.45, 7) is 2.12. The fraction of sp³-hybridized carbons (Fsp3) is 0.143. The third kappa shape index (κ3) is 2.88. The molecule has 2 aromatic carbocycles. The Morgan fingerprint density at radius 3 is 2.46 bits per heavy atom. The van der Waals surface area contributed by atoms with Crippen molar-refractivity contribution < 1.29 is 5.11 Å². The van der Waals surface area contributed by atoms with Crippen LogP contribution in [-0.4, -0.2) is 19.6 Å². The summed E-state index contributed by atoms with van der Waals surface area (Å²) in [5, 5.41) is 14.0. The van der Waals surface area contributed by atoms with Crippen LogP contribution in [-0.2, 0) is 7.05 Å². The first kappa shape index (κ1) is 16.1. The Bertz CT molecular complexity index is 1040. The SMILES string of the molecule is C[C@H](Nc1ncnc2c1cc(-c1ccc(O)cc1)n2C)c1ccccc1. The van der Waals surface area contributed by atoms with E-state index in [1.807, 2.05) is 41.9 Å². The van der Waals surface area contributed by atoms with E-state index in [0.29, 0.717) is 0 Å². The Balaban J connectivity index is 1.75. The summed E-state index contributed by atoms with van der Waals surface area (Å²) in [5.41, 5.74) is 4.11. The number of phenols is 1. The van der Waals surface area contributed by atoms with Crippen molar-refractivity contribution in [2.24, 2.45) is 7.05 Å². The van der Waals surface area contributed by atoms with E-state index in [-0.39, 0.29) is 11.8 Å². The maximum atomic E-state index is 9.53. The lowest BCUT2D eigenvalue weighted by atomic mass is 10.1. The number of anilines is 1. The third-order valence-corrected chi connectivity index (χ3v) is 4.64. The first-order valence-corrected chi connectivity index (χ1v) is 8.55. The molecule has 0 radical (unpaired) electrons. The number of fused-ring (bicyclic) bond motifs is 1. The zero-order valence-electron chi connectivity index (χ0n) is 14.7. The molecule has 5 nitrogen and oxygen atoms in total. The summed E-state index contributed by atoms with van der Waals surface area (Å²) in [7, 11) is 1.99. The topological polar surface area (TPSA) is 63.0 Å². The van der Waals surface area contributed by atoms with Crippen molar-refractivity contribution >= 4 is 16.9 Å². The van der Waals surface area contributed by atoms with Crippen molar-refractivity contribution in [1.82, 2.24) is 14.5 Å². The van der Waals surface area contributed by atoms with Crippen molar-refractivity contribution in [1.29, 1.82) is 0 Å². The van der Waals surface area contributed by atoms with E-state index >= 15 is 0 Å². The van der Waals surface area contributed by atoms with Crippen LogP contribution < -0.4 is 5.32 Å². The minimum Gasteiger partial charge on any atom is -0.508 e. The number of nitrogens with zero attached hydrogens (tertiary/aromatic N) is 3. The minimum atomic E-state index is 0.131. The lowest BCUT2D eigenvalue weighted by molar-refractivity contribution is 0.475. The molecule has 130 valence electrons. The average molecular weight is 344 g/mol. The molecule has 0 spiro atoms. The Morgan fingerprint density at radius 2 is 1.73 bits per heavy atom.